The number of hydrogen-bond acceptors (Lipinski definition) is 0. The van der Waals surface area contributed by atoms with Gasteiger partial charge in [-0.2, -0.15) is 0 Å². The fourth-order valence-corrected chi connectivity index (χ4v) is 1.84. The molecule has 1 heteroatoms. The van der Waals surface area contributed by atoms with Crippen molar-refractivity contribution in [1.29, 1.82) is 0 Å². The first-order chi connectivity index (χ1) is 5.29. The molecule has 1 aromatic carbocycles. The molecule has 0 atom stereocenters. The van der Waals surface area contributed by atoms with Crippen LogP contribution in [0.3, 0.4) is 0 Å². The highest BCUT2D eigenvalue weighted by Crippen LogP contribution is 2.42. The van der Waals surface area contributed by atoms with Gasteiger partial charge < -0.3 is 0 Å². The molecule has 0 aromatic heterocycles. The third-order valence-corrected chi connectivity index (χ3v) is 3.19. The molecule has 0 amide bonds. The monoisotopic (exact) mass is 210 g/mol. The second kappa shape index (κ2) is 2.63. The lowest BCUT2D eigenvalue weighted by Crippen LogP contribution is -1.85. The number of rotatable bonds is 1. The fraction of sp³-hybridized carbons (Fsp3) is 0.400. The zero-order valence-corrected chi connectivity index (χ0v) is 8.19. The second-order valence-corrected chi connectivity index (χ2v) is 4.08. The second-order valence-electron chi connectivity index (χ2n) is 3.23. The average molecular weight is 211 g/mol. The van der Waals surface area contributed by atoms with Crippen LogP contribution >= 0.6 is 15.9 Å². The van der Waals surface area contributed by atoms with Gasteiger partial charge in [0.15, 0.2) is 0 Å². The minimum Gasteiger partial charge on any atom is -0.0608 e. The van der Waals surface area contributed by atoms with Crippen LogP contribution in [0.2, 0.25) is 0 Å². The Balaban J connectivity index is 2.45. The van der Waals surface area contributed by atoms with Crippen molar-refractivity contribution in [3.8, 4) is 0 Å². The zero-order valence-electron chi connectivity index (χ0n) is 6.60. The van der Waals surface area contributed by atoms with E-state index >= 15 is 0 Å². The lowest BCUT2D eigenvalue weighted by molar-refractivity contribution is 1.09. The van der Waals surface area contributed by atoms with Crippen LogP contribution in [0.4, 0.5) is 0 Å². The van der Waals surface area contributed by atoms with Crippen LogP contribution in [-0.2, 0) is 0 Å². The topological polar surface area (TPSA) is 0 Å². The van der Waals surface area contributed by atoms with Crippen molar-refractivity contribution in [2.45, 2.75) is 25.7 Å². The maximum atomic E-state index is 3.54. The molecule has 0 N–H and O–H groups in total. The largest absolute Gasteiger partial charge is 0.0608 e. The van der Waals surface area contributed by atoms with Gasteiger partial charge in [-0.05, 0) is 42.9 Å². The van der Waals surface area contributed by atoms with Crippen LogP contribution in [0.5, 0.6) is 0 Å². The van der Waals surface area contributed by atoms with E-state index in [-0.39, 0.29) is 0 Å². The van der Waals surface area contributed by atoms with Crippen LogP contribution in [-0.4, -0.2) is 0 Å². The Bertz CT molecular complexity index is 274. The standard InChI is InChI=1S/C10H11Br/c1-7-9(8-5-6-8)3-2-4-10(7)11/h2-4,8H,5-6H2,1H3. The normalized spacial score (nSPS) is 16.9. The predicted octanol–water partition coefficient (Wildman–Crippen LogP) is 3.63. The molecule has 1 aliphatic carbocycles. The molecule has 58 valence electrons. The zero-order chi connectivity index (χ0) is 7.84. The third-order valence-electron chi connectivity index (χ3n) is 2.33. The Hall–Kier alpha value is -0.300. The molecule has 1 aromatic rings. The van der Waals surface area contributed by atoms with E-state index in [0.717, 1.165) is 5.92 Å². The van der Waals surface area contributed by atoms with Crippen LogP contribution in [0.25, 0.3) is 0 Å². The van der Waals surface area contributed by atoms with Crippen molar-refractivity contribution in [2.75, 3.05) is 0 Å². The number of hydrogen-bond donors (Lipinski definition) is 0. The minimum absolute atomic E-state index is 0.868. The van der Waals surface area contributed by atoms with E-state index in [1.807, 2.05) is 0 Å². The third kappa shape index (κ3) is 1.34. The molecule has 1 fully saturated rings. The molecule has 0 aliphatic heterocycles. The van der Waals surface area contributed by atoms with Gasteiger partial charge in [-0.1, -0.05) is 28.1 Å². The summed E-state index contributed by atoms with van der Waals surface area (Å²) in [6.45, 7) is 2.19. The van der Waals surface area contributed by atoms with Crippen LogP contribution in [0.1, 0.15) is 29.9 Å². The van der Waals surface area contributed by atoms with E-state index in [4.69, 9.17) is 0 Å². The van der Waals surface area contributed by atoms with Crippen molar-refractivity contribution in [1.82, 2.24) is 0 Å². The van der Waals surface area contributed by atoms with E-state index in [0.29, 0.717) is 0 Å². The minimum atomic E-state index is 0.868. The molecule has 1 aliphatic rings. The maximum absolute atomic E-state index is 3.54. The molecule has 0 unspecified atom stereocenters. The number of halogens is 1. The Kier molecular flexibility index (Phi) is 1.76. The highest BCUT2D eigenvalue weighted by Gasteiger charge is 2.25. The maximum Gasteiger partial charge on any atom is 0.0207 e. The van der Waals surface area contributed by atoms with E-state index in [2.05, 4.69) is 41.1 Å². The van der Waals surface area contributed by atoms with Gasteiger partial charge in [0.2, 0.25) is 0 Å². The fourth-order valence-electron chi connectivity index (χ4n) is 1.46. The van der Waals surface area contributed by atoms with Crippen molar-refractivity contribution >= 4 is 15.9 Å². The SMILES string of the molecule is Cc1c(Br)cccc1C1CC1. The lowest BCUT2D eigenvalue weighted by Gasteiger charge is -2.04. The average Bonchev–Trinajstić information content (AvgIpc) is 2.77. The van der Waals surface area contributed by atoms with Gasteiger partial charge in [-0.15, -0.1) is 0 Å². The van der Waals surface area contributed by atoms with Gasteiger partial charge >= 0.3 is 0 Å². The molecule has 0 radical (unpaired) electrons. The first kappa shape index (κ1) is 7.35. The Labute approximate surface area is 75.8 Å². The summed E-state index contributed by atoms with van der Waals surface area (Å²) in [6, 6.07) is 6.49. The molecular formula is C10H11Br. The summed E-state index contributed by atoms with van der Waals surface area (Å²) < 4.78 is 1.25. The van der Waals surface area contributed by atoms with Gasteiger partial charge in [0, 0.05) is 4.47 Å². The molecular weight excluding hydrogens is 200 g/mol. The molecule has 1 saturated carbocycles. The quantitative estimate of drug-likeness (QED) is 0.665. The number of benzene rings is 1. The molecule has 0 saturated heterocycles. The van der Waals surface area contributed by atoms with Crippen LogP contribution in [0, 0.1) is 6.92 Å². The summed E-state index contributed by atoms with van der Waals surface area (Å²) in [6.07, 6.45) is 2.77. The van der Waals surface area contributed by atoms with Crippen LogP contribution in [0.15, 0.2) is 22.7 Å². The van der Waals surface area contributed by atoms with Gasteiger partial charge in [0.05, 0.1) is 0 Å². The van der Waals surface area contributed by atoms with Gasteiger partial charge in [-0.3, -0.25) is 0 Å². The van der Waals surface area contributed by atoms with Crippen molar-refractivity contribution in [3.63, 3.8) is 0 Å². The van der Waals surface area contributed by atoms with Crippen LogP contribution < -0.4 is 0 Å². The van der Waals surface area contributed by atoms with E-state index < -0.39 is 0 Å². The molecule has 0 spiro atoms. The summed E-state index contributed by atoms with van der Waals surface area (Å²) in [5, 5.41) is 0. The highest BCUT2D eigenvalue weighted by atomic mass is 79.9. The molecule has 0 heterocycles. The van der Waals surface area contributed by atoms with Crippen molar-refractivity contribution in [2.24, 2.45) is 0 Å². The molecule has 0 nitrogen and oxygen atoms in total. The summed E-state index contributed by atoms with van der Waals surface area (Å²) >= 11 is 3.54. The van der Waals surface area contributed by atoms with Gasteiger partial charge in [0.25, 0.3) is 0 Å². The van der Waals surface area contributed by atoms with E-state index in [1.54, 1.807) is 5.56 Å². The first-order valence-corrected chi connectivity index (χ1v) is 4.83. The summed E-state index contributed by atoms with van der Waals surface area (Å²) in [5.41, 5.74) is 2.97. The van der Waals surface area contributed by atoms with E-state index in [9.17, 15) is 0 Å². The molecule has 0 bridgehead atoms. The first-order valence-electron chi connectivity index (χ1n) is 4.04. The smallest absolute Gasteiger partial charge is 0.0207 e. The molecule has 11 heavy (non-hydrogen) atoms. The van der Waals surface area contributed by atoms with Crippen molar-refractivity contribution in [3.05, 3.63) is 33.8 Å². The lowest BCUT2D eigenvalue weighted by atomic mass is 10.1. The Morgan fingerprint density at radius 3 is 2.73 bits per heavy atom. The van der Waals surface area contributed by atoms with Gasteiger partial charge in [0.1, 0.15) is 0 Å². The Morgan fingerprint density at radius 2 is 2.09 bits per heavy atom. The summed E-state index contributed by atoms with van der Waals surface area (Å²) in [5.74, 6) is 0.868. The van der Waals surface area contributed by atoms with Gasteiger partial charge in [-0.25, -0.2) is 0 Å². The molecule has 2 rings (SSSR count). The van der Waals surface area contributed by atoms with E-state index in [1.165, 1.54) is 22.9 Å². The Morgan fingerprint density at radius 1 is 1.36 bits per heavy atom. The highest BCUT2D eigenvalue weighted by molar-refractivity contribution is 9.10. The predicted molar refractivity (Wildman–Crippen MR) is 50.9 cm³/mol. The van der Waals surface area contributed by atoms with Crippen molar-refractivity contribution < 1.29 is 0 Å². The summed E-state index contributed by atoms with van der Waals surface area (Å²) in [4.78, 5) is 0. The summed E-state index contributed by atoms with van der Waals surface area (Å²) in [7, 11) is 0.